The SMILES string of the molecule is CC(C)OC(=O)Nc1sc2c(c1C#N)CCNC2. The third-order valence-electron chi connectivity index (χ3n) is 2.60. The molecule has 0 radical (unpaired) electrons. The largest absolute Gasteiger partial charge is 0.447 e. The summed E-state index contributed by atoms with van der Waals surface area (Å²) in [4.78, 5) is 12.7. The molecule has 0 spiro atoms. The molecule has 0 aromatic carbocycles. The molecular weight excluding hydrogens is 250 g/mol. The molecule has 1 aliphatic rings. The zero-order valence-electron chi connectivity index (χ0n) is 10.4. The van der Waals surface area contributed by atoms with Crippen molar-refractivity contribution in [2.45, 2.75) is 32.9 Å². The fourth-order valence-electron chi connectivity index (χ4n) is 1.88. The molecule has 0 atom stereocenters. The number of nitriles is 1. The quantitative estimate of drug-likeness (QED) is 0.860. The monoisotopic (exact) mass is 265 g/mol. The van der Waals surface area contributed by atoms with Gasteiger partial charge in [0.25, 0.3) is 0 Å². The lowest BCUT2D eigenvalue weighted by atomic mass is 10.1. The van der Waals surface area contributed by atoms with Gasteiger partial charge in [0.05, 0.1) is 11.7 Å². The van der Waals surface area contributed by atoms with Gasteiger partial charge < -0.3 is 10.1 Å². The number of thiophene rings is 1. The van der Waals surface area contributed by atoms with E-state index in [0.717, 1.165) is 30.0 Å². The summed E-state index contributed by atoms with van der Waals surface area (Å²) in [7, 11) is 0. The van der Waals surface area contributed by atoms with Gasteiger partial charge in [0, 0.05) is 11.4 Å². The topological polar surface area (TPSA) is 74.1 Å². The van der Waals surface area contributed by atoms with E-state index in [9.17, 15) is 10.1 Å². The number of hydrogen-bond donors (Lipinski definition) is 2. The van der Waals surface area contributed by atoms with Crippen molar-refractivity contribution in [3.8, 4) is 6.07 Å². The molecule has 0 fully saturated rings. The van der Waals surface area contributed by atoms with Crippen LogP contribution in [0, 0.1) is 11.3 Å². The van der Waals surface area contributed by atoms with Crippen LogP contribution in [0.15, 0.2) is 0 Å². The second-order valence-electron chi connectivity index (χ2n) is 4.33. The van der Waals surface area contributed by atoms with Crippen LogP contribution in [0.25, 0.3) is 0 Å². The highest BCUT2D eigenvalue weighted by Gasteiger charge is 2.22. The van der Waals surface area contributed by atoms with Gasteiger partial charge in [-0.25, -0.2) is 4.79 Å². The normalized spacial score (nSPS) is 13.9. The molecule has 2 rings (SSSR count). The van der Waals surface area contributed by atoms with Gasteiger partial charge in [0.1, 0.15) is 11.1 Å². The highest BCUT2D eigenvalue weighted by Crippen LogP contribution is 2.34. The number of anilines is 1. The Morgan fingerprint density at radius 1 is 1.61 bits per heavy atom. The van der Waals surface area contributed by atoms with E-state index in [4.69, 9.17) is 4.74 Å². The average molecular weight is 265 g/mol. The first-order valence-corrected chi connectivity index (χ1v) is 6.66. The Bertz CT molecular complexity index is 502. The van der Waals surface area contributed by atoms with Gasteiger partial charge >= 0.3 is 6.09 Å². The van der Waals surface area contributed by atoms with E-state index in [1.807, 2.05) is 0 Å². The van der Waals surface area contributed by atoms with Crippen molar-refractivity contribution in [3.63, 3.8) is 0 Å². The second kappa shape index (κ2) is 5.38. The standard InChI is InChI=1S/C12H15N3O2S/c1-7(2)17-12(16)15-11-9(5-13)8-3-4-14-6-10(8)18-11/h7,14H,3-4,6H2,1-2H3,(H,15,16). The molecule has 1 amide bonds. The van der Waals surface area contributed by atoms with Gasteiger partial charge in [0.2, 0.25) is 0 Å². The Hall–Kier alpha value is -1.58. The number of hydrogen-bond acceptors (Lipinski definition) is 5. The summed E-state index contributed by atoms with van der Waals surface area (Å²) < 4.78 is 5.02. The number of amides is 1. The molecule has 96 valence electrons. The van der Waals surface area contributed by atoms with Crippen molar-refractivity contribution in [2.24, 2.45) is 0 Å². The Morgan fingerprint density at radius 2 is 2.39 bits per heavy atom. The molecule has 18 heavy (non-hydrogen) atoms. The first-order valence-electron chi connectivity index (χ1n) is 5.84. The highest BCUT2D eigenvalue weighted by molar-refractivity contribution is 7.16. The van der Waals surface area contributed by atoms with Crippen LogP contribution in [0.4, 0.5) is 9.80 Å². The number of fused-ring (bicyclic) bond motifs is 1. The fraction of sp³-hybridized carbons (Fsp3) is 0.500. The fourth-order valence-corrected chi connectivity index (χ4v) is 3.03. The maximum absolute atomic E-state index is 11.6. The Labute approximate surface area is 110 Å². The van der Waals surface area contributed by atoms with Gasteiger partial charge in [-0.3, -0.25) is 5.32 Å². The lowest BCUT2D eigenvalue weighted by Gasteiger charge is -2.11. The predicted molar refractivity (Wildman–Crippen MR) is 69.7 cm³/mol. The summed E-state index contributed by atoms with van der Waals surface area (Å²) in [5.41, 5.74) is 1.64. The zero-order valence-corrected chi connectivity index (χ0v) is 11.2. The molecule has 1 aliphatic heterocycles. The first-order chi connectivity index (χ1) is 8.61. The minimum atomic E-state index is -0.506. The molecule has 2 N–H and O–H groups in total. The van der Waals surface area contributed by atoms with E-state index in [1.165, 1.54) is 11.3 Å². The van der Waals surface area contributed by atoms with Crippen molar-refractivity contribution in [1.29, 1.82) is 5.26 Å². The van der Waals surface area contributed by atoms with Crippen LogP contribution in [0.3, 0.4) is 0 Å². The van der Waals surface area contributed by atoms with E-state index >= 15 is 0 Å². The summed E-state index contributed by atoms with van der Waals surface area (Å²) >= 11 is 1.45. The Balaban J connectivity index is 2.21. The van der Waals surface area contributed by atoms with Gasteiger partial charge in [-0.2, -0.15) is 5.26 Å². The van der Waals surface area contributed by atoms with E-state index in [-0.39, 0.29) is 6.10 Å². The smallest absolute Gasteiger partial charge is 0.412 e. The van der Waals surface area contributed by atoms with Gasteiger partial charge in [0.15, 0.2) is 0 Å². The molecular formula is C12H15N3O2S. The third-order valence-corrected chi connectivity index (χ3v) is 3.75. The van der Waals surface area contributed by atoms with Crippen LogP contribution >= 0.6 is 11.3 Å². The number of carbonyl (C=O) groups excluding carboxylic acids is 1. The first kappa shape index (κ1) is 12.9. The summed E-state index contributed by atoms with van der Waals surface area (Å²) in [5.74, 6) is 0. The molecule has 0 saturated carbocycles. The van der Waals surface area contributed by atoms with E-state index in [2.05, 4.69) is 16.7 Å². The van der Waals surface area contributed by atoms with Crippen molar-refractivity contribution in [3.05, 3.63) is 16.0 Å². The summed E-state index contributed by atoms with van der Waals surface area (Å²) in [6.45, 7) is 5.20. The molecule has 0 bridgehead atoms. The third kappa shape index (κ3) is 2.63. The number of rotatable bonds is 2. The molecule has 0 unspecified atom stereocenters. The predicted octanol–water partition coefficient (Wildman–Crippen LogP) is 2.22. The number of ether oxygens (including phenoxy) is 1. The minimum Gasteiger partial charge on any atom is -0.447 e. The molecule has 6 heteroatoms. The Kier molecular flexibility index (Phi) is 3.84. The lowest BCUT2D eigenvalue weighted by molar-refractivity contribution is 0.130. The van der Waals surface area contributed by atoms with Crippen LogP contribution < -0.4 is 10.6 Å². The Morgan fingerprint density at radius 3 is 3.06 bits per heavy atom. The summed E-state index contributed by atoms with van der Waals surface area (Å²) in [5, 5.41) is 15.7. The number of carbonyl (C=O) groups is 1. The molecule has 5 nitrogen and oxygen atoms in total. The molecule has 1 aromatic heterocycles. The molecule has 1 aromatic rings. The van der Waals surface area contributed by atoms with Crippen molar-refractivity contribution >= 4 is 22.4 Å². The van der Waals surface area contributed by atoms with Crippen molar-refractivity contribution < 1.29 is 9.53 Å². The van der Waals surface area contributed by atoms with Gasteiger partial charge in [-0.15, -0.1) is 11.3 Å². The van der Waals surface area contributed by atoms with Crippen LogP contribution in [-0.4, -0.2) is 18.7 Å². The summed E-state index contributed by atoms with van der Waals surface area (Å²) in [6.07, 6.45) is 0.148. The molecule has 0 saturated heterocycles. The van der Waals surface area contributed by atoms with Gasteiger partial charge in [-0.05, 0) is 32.4 Å². The number of nitrogens with one attached hydrogen (secondary N) is 2. The average Bonchev–Trinajstić information content (AvgIpc) is 2.64. The van der Waals surface area contributed by atoms with Crippen LogP contribution in [0.5, 0.6) is 0 Å². The van der Waals surface area contributed by atoms with Crippen molar-refractivity contribution in [2.75, 3.05) is 11.9 Å². The molecule has 2 heterocycles. The highest BCUT2D eigenvalue weighted by atomic mass is 32.1. The summed E-state index contributed by atoms with van der Waals surface area (Å²) in [6, 6.07) is 2.17. The second-order valence-corrected chi connectivity index (χ2v) is 5.43. The van der Waals surface area contributed by atoms with Crippen LogP contribution in [-0.2, 0) is 17.7 Å². The maximum atomic E-state index is 11.6. The molecule has 0 aliphatic carbocycles. The maximum Gasteiger partial charge on any atom is 0.412 e. The number of nitrogens with zero attached hydrogens (tertiary/aromatic N) is 1. The van der Waals surface area contributed by atoms with Crippen LogP contribution in [0.1, 0.15) is 29.9 Å². The van der Waals surface area contributed by atoms with Gasteiger partial charge in [-0.1, -0.05) is 0 Å². The van der Waals surface area contributed by atoms with Crippen LogP contribution in [0.2, 0.25) is 0 Å². The van der Waals surface area contributed by atoms with E-state index in [1.54, 1.807) is 13.8 Å². The minimum absolute atomic E-state index is 0.174. The van der Waals surface area contributed by atoms with E-state index < -0.39 is 6.09 Å². The lowest BCUT2D eigenvalue weighted by Crippen LogP contribution is -2.22. The van der Waals surface area contributed by atoms with E-state index in [0.29, 0.717) is 10.6 Å². The zero-order chi connectivity index (χ0) is 13.1. The van der Waals surface area contributed by atoms with Crippen molar-refractivity contribution in [1.82, 2.24) is 5.32 Å².